The molecule has 170 valence electrons. The van der Waals surface area contributed by atoms with Gasteiger partial charge in [0.15, 0.2) is 0 Å². The fourth-order valence-corrected chi connectivity index (χ4v) is 4.49. The molecule has 1 fully saturated rings. The minimum atomic E-state index is -0.0897. The predicted octanol–water partition coefficient (Wildman–Crippen LogP) is 7.86. The van der Waals surface area contributed by atoms with E-state index in [1.165, 1.54) is 122 Å². The van der Waals surface area contributed by atoms with Gasteiger partial charge in [-0.15, -0.1) is 0 Å². The first kappa shape index (κ1) is 26.2. The molecule has 0 bridgehead atoms. The van der Waals surface area contributed by atoms with E-state index in [1.807, 2.05) is 0 Å². The molecule has 0 spiro atoms. The van der Waals surface area contributed by atoms with E-state index in [4.69, 9.17) is 0 Å². The van der Waals surface area contributed by atoms with Crippen molar-refractivity contribution in [2.24, 2.45) is 5.92 Å². The van der Waals surface area contributed by atoms with Crippen LogP contribution in [0.15, 0.2) is 0 Å². The topological polar surface area (TPSA) is 46.2 Å². The Kier molecular flexibility index (Phi) is 17.3. The maximum Gasteiger partial charge on any atom is 0.230 e. The summed E-state index contributed by atoms with van der Waals surface area (Å²) in [5.74, 6) is -0.181. The van der Waals surface area contributed by atoms with Crippen molar-refractivity contribution in [2.75, 3.05) is 0 Å². The van der Waals surface area contributed by atoms with Gasteiger partial charge in [0, 0.05) is 12.3 Å². The third kappa shape index (κ3) is 15.6. The average Bonchev–Trinajstić information content (AvgIpc) is 3.03. The zero-order valence-corrected chi connectivity index (χ0v) is 19.5. The largest absolute Gasteiger partial charge is 0.296 e. The number of carbonyl (C=O) groups excluding carboxylic acids is 2. The summed E-state index contributed by atoms with van der Waals surface area (Å²) in [7, 11) is 0. The third-order valence-corrected chi connectivity index (χ3v) is 6.47. The summed E-state index contributed by atoms with van der Waals surface area (Å²) in [6.07, 6.45) is 29.0. The summed E-state index contributed by atoms with van der Waals surface area (Å²) in [6, 6.07) is 0. The Hall–Kier alpha value is -0.860. The first-order chi connectivity index (χ1) is 14.2. The van der Waals surface area contributed by atoms with Crippen LogP contribution >= 0.6 is 0 Å². The molecule has 0 aromatic rings. The van der Waals surface area contributed by atoms with Crippen LogP contribution in [0.5, 0.6) is 0 Å². The molecule has 0 radical (unpaired) electrons. The van der Waals surface area contributed by atoms with E-state index in [-0.39, 0.29) is 17.7 Å². The summed E-state index contributed by atoms with van der Waals surface area (Å²) in [4.78, 5) is 22.6. The SMILES string of the molecule is CCCCCCCCCCCCCCCCCCCCCCC1CC(=O)NC1=O. The lowest BCUT2D eigenvalue weighted by Gasteiger charge is -2.06. The number of hydrogen-bond donors (Lipinski definition) is 1. The van der Waals surface area contributed by atoms with Gasteiger partial charge in [0.25, 0.3) is 0 Å². The molecule has 29 heavy (non-hydrogen) atoms. The summed E-state index contributed by atoms with van der Waals surface area (Å²) >= 11 is 0. The second-order valence-electron chi connectivity index (χ2n) is 9.32. The van der Waals surface area contributed by atoms with Crippen LogP contribution in [0.25, 0.3) is 0 Å². The average molecular weight is 408 g/mol. The van der Waals surface area contributed by atoms with Crippen LogP contribution in [0, 0.1) is 5.92 Å². The molecule has 3 nitrogen and oxygen atoms in total. The zero-order chi connectivity index (χ0) is 21.0. The highest BCUT2D eigenvalue weighted by Gasteiger charge is 2.29. The molecule has 1 unspecified atom stereocenters. The number of carbonyl (C=O) groups is 2. The van der Waals surface area contributed by atoms with Crippen molar-refractivity contribution in [3.8, 4) is 0 Å². The molecule has 0 saturated carbocycles. The first-order valence-electron chi connectivity index (χ1n) is 13.1. The van der Waals surface area contributed by atoms with Crippen molar-refractivity contribution in [3.05, 3.63) is 0 Å². The van der Waals surface area contributed by atoms with Crippen molar-refractivity contribution >= 4 is 11.8 Å². The van der Waals surface area contributed by atoms with Gasteiger partial charge >= 0.3 is 0 Å². The molecule has 1 rings (SSSR count). The second kappa shape index (κ2) is 19.1. The standard InChI is InChI=1S/C26H49NO2/c1-2-3-4-5-6-7-8-9-10-11-12-13-14-15-16-17-18-19-20-21-22-24-23-25(28)27-26(24)29/h24H,2-23H2,1H3,(H,27,28,29). The zero-order valence-electron chi connectivity index (χ0n) is 19.5. The van der Waals surface area contributed by atoms with Crippen LogP contribution < -0.4 is 5.32 Å². The van der Waals surface area contributed by atoms with Crippen molar-refractivity contribution < 1.29 is 9.59 Å². The number of amides is 2. The van der Waals surface area contributed by atoms with Gasteiger partial charge in [-0.25, -0.2) is 0 Å². The summed E-state index contributed by atoms with van der Waals surface area (Å²) in [6.45, 7) is 2.29. The van der Waals surface area contributed by atoms with Crippen molar-refractivity contribution in [3.63, 3.8) is 0 Å². The second-order valence-corrected chi connectivity index (χ2v) is 9.32. The summed E-state index contributed by atoms with van der Waals surface area (Å²) in [5.41, 5.74) is 0. The van der Waals surface area contributed by atoms with E-state index in [0.29, 0.717) is 6.42 Å². The van der Waals surface area contributed by atoms with Crippen LogP contribution in [0.4, 0.5) is 0 Å². The lowest BCUT2D eigenvalue weighted by atomic mass is 9.98. The molecule has 0 aliphatic carbocycles. The lowest BCUT2D eigenvalue weighted by Crippen LogP contribution is -2.21. The van der Waals surface area contributed by atoms with Crippen molar-refractivity contribution in [2.45, 2.75) is 148 Å². The van der Waals surface area contributed by atoms with Crippen LogP contribution in [-0.2, 0) is 9.59 Å². The highest BCUT2D eigenvalue weighted by molar-refractivity contribution is 6.03. The van der Waals surface area contributed by atoms with Crippen molar-refractivity contribution in [1.82, 2.24) is 5.32 Å². The fourth-order valence-electron chi connectivity index (χ4n) is 4.49. The molecule has 3 heteroatoms. The Labute approximate surface area is 181 Å². The highest BCUT2D eigenvalue weighted by Crippen LogP contribution is 2.19. The third-order valence-electron chi connectivity index (χ3n) is 6.47. The van der Waals surface area contributed by atoms with Gasteiger partial charge in [0.1, 0.15) is 0 Å². The van der Waals surface area contributed by atoms with Gasteiger partial charge in [-0.1, -0.05) is 135 Å². The van der Waals surface area contributed by atoms with Crippen LogP contribution in [-0.4, -0.2) is 11.8 Å². The van der Waals surface area contributed by atoms with Gasteiger partial charge < -0.3 is 0 Å². The molecule has 0 aromatic carbocycles. The maximum atomic E-state index is 11.5. The highest BCUT2D eigenvalue weighted by atomic mass is 16.2. The number of nitrogens with one attached hydrogen (secondary N) is 1. The smallest absolute Gasteiger partial charge is 0.230 e. The van der Waals surface area contributed by atoms with Gasteiger partial charge in [0.2, 0.25) is 11.8 Å². The minimum Gasteiger partial charge on any atom is -0.296 e. The van der Waals surface area contributed by atoms with E-state index < -0.39 is 0 Å². The van der Waals surface area contributed by atoms with Gasteiger partial charge in [-0.3, -0.25) is 14.9 Å². The Bertz CT molecular complexity index is 408. The van der Waals surface area contributed by atoms with E-state index >= 15 is 0 Å². The van der Waals surface area contributed by atoms with Crippen molar-refractivity contribution in [1.29, 1.82) is 0 Å². The number of hydrogen-bond acceptors (Lipinski definition) is 2. The quantitative estimate of drug-likeness (QED) is 0.155. The maximum absolute atomic E-state index is 11.5. The molecular formula is C26H49NO2. The molecule has 1 N–H and O–H groups in total. The van der Waals surface area contributed by atoms with Gasteiger partial charge in [-0.2, -0.15) is 0 Å². The summed E-state index contributed by atoms with van der Waals surface area (Å²) < 4.78 is 0. The molecule has 1 aliphatic heterocycles. The molecule has 1 heterocycles. The molecule has 1 aliphatic rings. The van der Waals surface area contributed by atoms with Crippen LogP contribution in [0.3, 0.4) is 0 Å². The first-order valence-corrected chi connectivity index (χ1v) is 13.1. The van der Waals surface area contributed by atoms with E-state index in [9.17, 15) is 9.59 Å². The molecule has 1 saturated heterocycles. The number of rotatable bonds is 21. The normalized spacial score (nSPS) is 16.5. The van der Waals surface area contributed by atoms with Gasteiger partial charge in [-0.05, 0) is 6.42 Å². The molecule has 2 amide bonds. The van der Waals surface area contributed by atoms with Crippen LogP contribution in [0.2, 0.25) is 0 Å². The minimum absolute atomic E-state index is 0.0435. The number of unbranched alkanes of at least 4 members (excludes halogenated alkanes) is 19. The fraction of sp³-hybridized carbons (Fsp3) is 0.923. The number of imide groups is 1. The Morgan fingerprint density at radius 3 is 1.24 bits per heavy atom. The Morgan fingerprint density at radius 2 is 0.931 bits per heavy atom. The van der Waals surface area contributed by atoms with Crippen LogP contribution in [0.1, 0.15) is 148 Å². The predicted molar refractivity (Wildman–Crippen MR) is 124 cm³/mol. The Morgan fingerprint density at radius 1 is 0.586 bits per heavy atom. The molecular weight excluding hydrogens is 358 g/mol. The monoisotopic (exact) mass is 407 g/mol. The Balaban J connectivity index is 1.68. The van der Waals surface area contributed by atoms with E-state index in [0.717, 1.165) is 12.8 Å². The van der Waals surface area contributed by atoms with E-state index in [2.05, 4.69) is 12.2 Å². The lowest BCUT2D eigenvalue weighted by molar-refractivity contribution is -0.125. The van der Waals surface area contributed by atoms with Gasteiger partial charge in [0.05, 0.1) is 0 Å². The molecule has 1 atom stereocenters. The van der Waals surface area contributed by atoms with E-state index in [1.54, 1.807) is 0 Å². The summed E-state index contributed by atoms with van der Waals surface area (Å²) in [5, 5.41) is 2.40. The molecule has 0 aromatic heterocycles.